The van der Waals surface area contributed by atoms with E-state index in [-0.39, 0.29) is 35.9 Å². The number of anilines is 1. The van der Waals surface area contributed by atoms with Gasteiger partial charge in [-0.25, -0.2) is 4.39 Å². The number of hydrogen-bond acceptors (Lipinski definition) is 4. The van der Waals surface area contributed by atoms with E-state index in [0.29, 0.717) is 44.8 Å². The van der Waals surface area contributed by atoms with Crippen molar-refractivity contribution in [2.45, 2.75) is 18.9 Å². The molecule has 3 rings (SSSR count). The maximum absolute atomic E-state index is 14.2. The average Bonchev–Trinajstić information content (AvgIpc) is 2.53. The molecule has 1 fully saturated rings. The molecule has 0 radical (unpaired) electrons. The Hall–Kier alpha value is -1.70. The van der Waals surface area contributed by atoms with E-state index in [2.05, 4.69) is 5.32 Å². The number of benzene rings is 1. The molecule has 0 aliphatic carbocycles. The minimum absolute atomic E-state index is 0. The van der Waals surface area contributed by atoms with Crippen LogP contribution in [-0.2, 0) is 16.0 Å². The number of rotatable bonds is 2. The molecule has 0 spiro atoms. The number of nitrogens with zero attached hydrogens (tertiary/aromatic N) is 1. The number of nitrogens with one attached hydrogen (secondary N) is 1. The smallest absolute Gasteiger partial charge is 0.257 e. The van der Waals surface area contributed by atoms with E-state index in [1.165, 1.54) is 6.07 Å². The number of carbonyl (C=O) groups excluding carboxylic acids is 2. The molecule has 23 heavy (non-hydrogen) atoms. The summed E-state index contributed by atoms with van der Waals surface area (Å²) >= 11 is 0. The third-order valence-electron chi connectivity index (χ3n) is 4.01. The van der Waals surface area contributed by atoms with Crippen molar-refractivity contribution in [3.8, 4) is 0 Å². The molecule has 1 aromatic carbocycles. The van der Waals surface area contributed by atoms with Crippen LogP contribution in [0.5, 0.6) is 0 Å². The Labute approximate surface area is 139 Å². The van der Waals surface area contributed by atoms with Crippen LogP contribution in [-0.4, -0.2) is 49.1 Å². The molecule has 1 saturated heterocycles. The first-order valence-corrected chi connectivity index (χ1v) is 7.31. The van der Waals surface area contributed by atoms with Crippen molar-refractivity contribution in [3.63, 3.8) is 0 Å². The quantitative estimate of drug-likeness (QED) is 0.836. The molecular weight excluding hydrogens is 325 g/mol. The number of aryl methyl sites for hydroxylation is 1. The molecule has 1 aromatic rings. The largest absolute Gasteiger partial charge is 0.373 e. The standard InChI is InChI=1S/C15H18FN3O3.ClH/c16-12-6-13-9(1-2-14(20)18-13)5-11(12)15(21)19-3-4-22-10(7-17)8-19;/h5-6,10H,1-4,7-8,17H2,(H,18,20);1H. The van der Waals surface area contributed by atoms with Crippen LogP contribution in [0.2, 0.25) is 0 Å². The van der Waals surface area contributed by atoms with E-state index < -0.39 is 5.82 Å². The topological polar surface area (TPSA) is 84.7 Å². The molecule has 8 heteroatoms. The van der Waals surface area contributed by atoms with Gasteiger partial charge in [0.05, 0.1) is 18.3 Å². The summed E-state index contributed by atoms with van der Waals surface area (Å²) in [6, 6.07) is 2.76. The molecule has 6 nitrogen and oxygen atoms in total. The summed E-state index contributed by atoms with van der Waals surface area (Å²) in [6.07, 6.45) is 0.646. The van der Waals surface area contributed by atoms with Crippen LogP contribution in [0.1, 0.15) is 22.3 Å². The molecule has 0 bridgehead atoms. The van der Waals surface area contributed by atoms with Gasteiger partial charge in [0.25, 0.3) is 5.91 Å². The maximum Gasteiger partial charge on any atom is 0.257 e. The number of fused-ring (bicyclic) bond motifs is 1. The van der Waals surface area contributed by atoms with Crippen molar-refractivity contribution in [1.82, 2.24) is 4.90 Å². The number of ether oxygens (including phenoxy) is 1. The highest BCUT2D eigenvalue weighted by molar-refractivity contribution is 5.98. The Morgan fingerprint density at radius 3 is 2.96 bits per heavy atom. The SMILES string of the molecule is Cl.NCC1CN(C(=O)c2cc3c(cc2F)NC(=O)CC3)CCO1. The zero-order valence-corrected chi connectivity index (χ0v) is 13.3. The normalized spacial score (nSPS) is 20.3. The summed E-state index contributed by atoms with van der Waals surface area (Å²) in [7, 11) is 0. The van der Waals surface area contributed by atoms with Gasteiger partial charge in [0.2, 0.25) is 5.91 Å². The van der Waals surface area contributed by atoms with Crippen LogP contribution in [0.4, 0.5) is 10.1 Å². The highest BCUT2D eigenvalue weighted by Crippen LogP contribution is 2.27. The average molecular weight is 344 g/mol. The lowest BCUT2D eigenvalue weighted by atomic mass is 9.99. The lowest BCUT2D eigenvalue weighted by Crippen LogP contribution is -2.48. The van der Waals surface area contributed by atoms with Gasteiger partial charge >= 0.3 is 0 Å². The van der Waals surface area contributed by atoms with E-state index in [1.807, 2.05) is 0 Å². The van der Waals surface area contributed by atoms with E-state index in [1.54, 1.807) is 11.0 Å². The zero-order valence-electron chi connectivity index (χ0n) is 12.5. The minimum Gasteiger partial charge on any atom is -0.373 e. The van der Waals surface area contributed by atoms with Crippen molar-refractivity contribution in [2.75, 3.05) is 31.6 Å². The van der Waals surface area contributed by atoms with Crippen molar-refractivity contribution in [2.24, 2.45) is 5.73 Å². The molecule has 1 unspecified atom stereocenters. The van der Waals surface area contributed by atoms with Gasteiger partial charge in [-0.1, -0.05) is 0 Å². The zero-order chi connectivity index (χ0) is 15.7. The Balaban J connectivity index is 0.00000192. The number of nitrogens with two attached hydrogens (primary N) is 1. The van der Waals surface area contributed by atoms with Crippen molar-refractivity contribution in [1.29, 1.82) is 0 Å². The third-order valence-corrected chi connectivity index (χ3v) is 4.01. The fraction of sp³-hybridized carbons (Fsp3) is 0.467. The molecular formula is C15H19ClFN3O3. The number of halogens is 2. The fourth-order valence-corrected chi connectivity index (χ4v) is 2.78. The monoisotopic (exact) mass is 343 g/mol. The highest BCUT2D eigenvalue weighted by atomic mass is 35.5. The van der Waals surface area contributed by atoms with Crippen LogP contribution >= 0.6 is 12.4 Å². The predicted molar refractivity (Wildman–Crippen MR) is 85.3 cm³/mol. The van der Waals surface area contributed by atoms with Crippen LogP contribution in [0.25, 0.3) is 0 Å². The maximum atomic E-state index is 14.2. The number of amides is 2. The Morgan fingerprint density at radius 1 is 1.43 bits per heavy atom. The fourth-order valence-electron chi connectivity index (χ4n) is 2.78. The number of morpholine rings is 1. The van der Waals surface area contributed by atoms with Gasteiger partial charge in [-0.15, -0.1) is 12.4 Å². The van der Waals surface area contributed by atoms with Gasteiger partial charge in [-0.05, 0) is 24.1 Å². The van der Waals surface area contributed by atoms with Crippen molar-refractivity contribution in [3.05, 3.63) is 29.1 Å². The minimum atomic E-state index is -0.623. The summed E-state index contributed by atoms with van der Waals surface area (Å²) in [5.74, 6) is -1.12. The Bertz CT molecular complexity index is 626. The summed E-state index contributed by atoms with van der Waals surface area (Å²) in [5.41, 5.74) is 6.83. The molecule has 0 aromatic heterocycles. The molecule has 1 atom stereocenters. The van der Waals surface area contributed by atoms with Gasteiger partial charge in [0, 0.05) is 31.7 Å². The molecule has 2 aliphatic heterocycles. The van der Waals surface area contributed by atoms with E-state index in [0.717, 1.165) is 5.56 Å². The molecule has 2 amide bonds. The second-order valence-electron chi connectivity index (χ2n) is 5.52. The van der Waals surface area contributed by atoms with Crippen LogP contribution in [0.3, 0.4) is 0 Å². The number of carbonyl (C=O) groups is 2. The molecule has 2 heterocycles. The van der Waals surface area contributed by atoms with Gasteiger partial charge in [0.15, 0.2) is 0 Å². The van der Waals surface area contributed by atoms with E-state index in [9.17, 15) is 14.0 Å². The summed E-state index contributed by atoms with van der Waals surface area (Å²) < 4.78 is 19.7. The molecule has 3 N–H and O–H groups in total. The summed E-state index contributed by atoms with van der Waals surface area (Å²) in [5, 5.41) is 2.62. The summed E-state index contributed by atoms with van der Waals surface area (Å²) in [6.45, 7) is 1.50. The van der Waals surface area contributed by atoms with Crippen LogP contribution < -0.4 is 11.1 Å². The molecule has 0 saturated carbocycles. The third kappa shape index (κ3) is 3.63. The van der Waals surface area contributed by atoms with Crippen molar-refractivity contribution >= 4 is 29.9 Å². The predicted octanol–water partition coefficient (Wildman–Crippen LogP) is 0.932. The first kappa shape index (κ1) is 17.7. The lowest BCUT2D eigenvalue weighted by Gasteiger charge is -2.32. The first-order chi connectivity index (χ1) is 10.6. The number of hydrogen-bond donors (Lipinski definition) is 2. The first-order valence-electron chi connectivity index (χ1n) is 7.31. The van der Waals surface area contributed by atoms with Crippen molar-refractivity contribution < 1.29 is 18.7 Å². The molecule has 126 valence electrons. The van der Waals surface area contributed by atoms with Gasteiger partial charge < -0.3 is 20.7 Å². The Kier molecular flexibility index (Phi) is 5.56. The summed E-state index contributed by atoms with van der Waals surface area (Å²) in [4.78, 5) is 25.4. The van der Waals surface area contributed by atoms with Gasteiger partial charge in [-0.2, -0.15) is 0 Å². The molecule has 2 aliphatic rings. The van der Waals surface area contributed by atoms with Gasteiger partial charge in [-0.3, -0.25) is 9.59 Å². The van der Waals surface area contributed by atoms with Crippen LogP contribution in [0.15, 0.2) is 12.1 Å². The Morgan fingerprint density at radius 2 is 2.22 bits per heavy atom. The second kappa shape index (κ2) is 7.25. The second-order valence-corrected chi connectivity index (χ2v) is 5.52. The van der Waals surface area contributed by atoms with E-state index >= 15 is 0 Å². The van der Waals surface area contributed by atoms with Crippen LogP contribution in [0, 0.1) is 5.82 Å². The van der Waals surface area contributed by atoms with E-state index in [4.69, 9.17) is 10.5 Å². The highest BCUT2D eigenvalue weighted by Gasteiger charge is 2.27. The van der Waals surface area contributed by atoms with Gasteiger partial charge in [0.1, 0.15) is 5.82 Å². The lowest BCUT2D eigenvalue weighted by molar-refractivity contribution is -0.116.